The number of aromatic nitrogens is 2. The van der Waals surface area contributed by atoms with Crippen LogP contribution in [0.4, 0.5) is 0 Å². The molecule has 4 aromatic rings. The maximum atomic E-state index is 6.23. The van der Waals surface area contributed by atoms with Crippen LogP contribution in [0.25, 0.3) is 27.5 Å². The van der Waals surface area contributed by atoms with Gasteiger partial charge in [0.1, 0.15) is 0 Å². The number of halogens is 1. The van der Waals surface area contributed by atoms with Gasteiger partial charge in [0.2, 0.25) is 0 Å². The second-order valence-corrected chi connectivity index (χ2v) is 5.72. The molecule has 0 bridgehead atoms. The lowest BCUT2D eigenvalue weighted by Crippen LogP contribution is -1.93. The van der Waals surface area contributed by atoms with Gasteiger partial charge in [-0.3, -0.25) is 4.57 Å². The van der Waals surface area contributed by atoms with Gasteiger partial charge in [0.15, 0.2) is 4.77 Å². The summed E-state index contributed by atoms with van der Waals surface area (Å²) >= 11 is 11.7. The Labute approximate surface area is 131 Å². The highest BCUT2D eigenvalue weighted by Crippen LogP contribution is 2.27. The number of fused-ring (bicyclic) bond motifs is 2. The van der Waals surface area contributed by atoms with Crippen molar-refractivity contribution in [3.63, 3.8) is 0 Å². The molecule has 1 N–H and O–H groups in total. The van der Waals surface area contributed by atoms with Crippen LogP contribution in [0.1, 0.15) is 0 Å². The Kier molecular flexibility index (Phi) is 2.84. The highest BCUT2D eigenvalue weighted by atomic mass is 35.5. The van der Waals surface area contributed by atoms with Gasteiger partial charge in [0, 0.05) is 5.69 Å². The Hall–Kier alpha value is -2.10. The van der Waals surface area contributed by atoms with Gasteiger partial charge in [0.25, 0.3) is 0 Å². The average Bonchev–Trinajstić information content (AvgIpc) is 2.84. The van der Waals surface area contributed by atoms with Gasteiger partial charge in [-0.2, -0.15) is 0 Å². The molecule has 4 heteroatoms. The first kappa shape index (κ1) is 12.6. The molecule has 0 aliphatic carbocycles. The number of para-hydroxylation sites is 1. The molecule has 0 saturated heterocycles. The van der Waals surface area contributed by atoms with Crippen LogP contribution in [0.5, 0.6) is 0 Å². The van der Waals surface area contributed by atoms with Crippen LogP contribution in [-0.4, -0.2) is 9.55 Å². The molecule has 0 unspecified atom stereocenters. The summed E-state index contributed by atoms with van der Waals surface area (Å²) in [6, 6.07) is 20.4. The topological polar surface area (TPSA) is 20.7 Å². The molecule has 2 nitrogen and oxygen atoms in total. The summed E-state index contributed by atoms with van der Waals surface area (Å²) in [5, 5.41) is 3.08. The van der Waals surface area contributed by atoms with Gasteiger partial charge in [-0.05, 0) is 47.3 Å². The molecule has 0 radical (unpaired) electrons. The van der Waals surface area contributed by atoms with E-state index in [-0.39, 0.29) is 0 Å². The number of imidazole rings is 1. The van der Waals surface area contributed by atoms with Crippen LogP contribution < -0.4 is 0 Å². The van der Waals surface area contributed by atoms with Crippen molar-refractivity contribution in [3.8, 4) is 5.69 Å². The Morgan fingerprint density at radius 3 is 2.57 bits per heavy atom. The summed E-state index contributed by atoms with van der Waals surface area (Å²) < 4.78 is 2.66. The van der Waals surface area contributed by atoms with E-state index in [2.05, 4.69) is 35.3 Å². The van der Waals surface area contributed by atoms with Crippen molar-refractivity contribution in [2.24, 2.45) is 0 Å². The number of rotatable bonds is 1. The minimum absolute atomic E-state index is 0.647. The molecule has 0 aliphatic heterocycles. The number of hydrogen-bond acceptors (Lipinski definition) is 1. The van der Waals surface area contributed by atoms with Gasteiger partial charge in [0.05, 0.1) is 16.1 Å². The minimum atomic E-state index is 0.647. The molecule has 21 heavy (non-hydrogen) atoms. The van der Waals surface area contributed by atoms with E-state index in [1.165, 1.54) is 10.8 Å². The summed E-state index contributed by atoms with van der Waals surface area (Å²) in [7, 11) is 0. The summed E-state index contributed by atoms with van der Waals surface area (Å²) in [6.07, 6.45) is 0. The number of hydrogen-bond donors (Lipinski definition) is 1. The van der Waals surface area contributed by atoms with Crippen molar-refractivity contribution in [2.45, 2.75) is 0 Å². The number of nitrogens with one attached hydrogen (secondary N) is 1. The first-order valence-corrected chi connectivity index (χ1v) is 7.41. The second kappa shape index (κ2) is 4.72. The quantitative estimate of drug-likeness (QED) is 0.461. The van der Waals surface area contributed by atoms with Crippen molar-refractivity contribution in [1.29, 1.82) is 0 Å². The molecule has 0 fully saturated rings. The second-order valence-electron chi connectivity index (χ2n) is 4.93. The van der Waals surface area contributed by atoms with E-state index in [4.69, 9.17) is 23.8 Å². The van der Waals surface area contributed by atoms with Gasteiger partial charge >= 0.3 is 0 Å². The Morgan fingerprint density at radius 2 is 1.71 bits per heavy atom. The third kappa shape index (κ3) is 1.97. The maximum Gasteiger partial charge on any atom is 0.182 e. The predicted molar refractivity (Wildman–Crippen MR) is 91.0 cm³/mol. The molecule has 3 aromatic carbocycles. The van der Waals surface area contributed by atoms with Crippen molar-refractivity contribution >= 4 is 45.6 Å². The fraction of sp³-hybridized carbons (Fsp3) is 0. The largest absolute Gasteiger partial charge is 0.329 e. The lowest BCUT2D eigenvalue weighted by Gasteiger charge is -2.06. The monoisotopic (exact) mass is 310 g/mol. The molecule has 1 aromatic heterocycles. The Balaban J connectivity index is 2.06. The molecular weight excluding hydrogens is 300 g/mol. The first-order valence-electron chi connectivity index (χ1n) is 6.62. The summed E-state index contributed by atoms with van der Waals surface area (Å²) in [4.78, 5) is 3.19. The summed E-state index contributed by atoms with van der Waals surface area (Å²) in [6.45, 7) is 0. The lowest BCUT2D eigenvalue weighted by atomic mass is 10.1. The normalized spacial score (nSPS) is 11.3. The van der Waals surface area contributed by atoms with E-state index in [0.717, 1.165) is 16.7 Å². The molecule has 0 atom stereocenters. The van der Waals surface area contributed by atoms with Gasteiger partial charge < -0.3 is 4.98 Å². The van der Waals surface area contributed by atoms with Crippen molar-refractivity contribution in [2.75, 3.05) is 0 Å². The Morgan fingerprint density at radius 1 is 0.905 bits per heavy atom. The molecule has 0 amide bonds. The minimum Gasteiger partial charge on any atom is -0.329 e. The van der Waals surface area contributed by atoms with Crippen molar-refractivity contribution in [1.82, 2.24) is 9.55 Å². The number of nitrogens with zero attached hydrogens (tertiary/aromatic N) is 1. The highest BCUT2D eigenvalue weighted by molar-refractivity contribution is 7.71. The number of aromatic amines is 1. The van der Waals surface area contributed by atoms with E-state index in [9.17, 15) is 0 Å². The average molecular weight is 311 g/mol. The summed E-state index contributed by atoms with van der Waals surface area (Å²) in [5.74, 6) is 0. The summed E-state index contributed by atoms with van der Waals surface area (Å²) in [5.41, 5.74) is 2.90. The number of H-pyrrole nitrogens is 1. The molecule has 102 valence electrons. The maximum absolute atomic E-state index is 6.23. The number of benzene rings is 3. The predicted octanol–water partition coefficient (Wildman–Crippen LogP) is 5.49. The molecule has 4 rings (SSSR count). The van der Waals surface area contributed by atoms with E-state index in [0.29, 0.717) is 9.79 Å². The highest BCUT2D eigenvalue weighted by Gasteiger charge is 2.09. The third-order valence-electron chi connectivity index (χ3n) is 3.66. The lowest BCUT2D eigenvalue weighted by molar-refractivity contribution is 1.07. The van der Waals surface area contributed by atoms with Crippen molar-refractivity contribution in [3.05, 3.63) is 70.5 Å². The van der Waals surface area contributed by atoms with E-state index in [1.807, 2.05) is 34.9 Å². The van der Waals surface area contributed by atoms with E-state index < -0.39 is 0 Å². The zero-order valence-corrected chi connectivity index (χ0v) is 12.6. The van der Waals surface area contributed by atoms with Crippen LogP contribution in [0.3, 0.4) is 0 Å². The SMILES string of the molecule is S=c1[nH]c2c(Cl)cccc2n1-c1ccc2ccccc2c1. The zero-order valence-electron chi connectivity index (χ0n) is 11.0. The van der Waals surface area contributed by atoms with Crippen molar-refractivity contribution < 1.29 is 0 Å². The van der Waals surface area contributed by atoms with Crippen LogP contribution in [0, 0.1) is 4.77 Å². The molecule has 0 spiro atoms. The van der Waals surface area contributed by atoms with Crippen LogP contribution in [-0.2, 0) is 0 Å². The fourth-order valence-corrected chi connectivity index (χ4v) is 3.19. The smallest absolute Gasteiger partial charge is 0.182 e. The Bertz CT molecular complexity index is 1030. The molecule has 1 heterocycles. The van der Waals surface area contributed by atoms with Crippen LogP contribution in [0.2, 0.25) is 5.02 Å². The third-order valence-corrected chi connectivity index (χ3v) is 4.26. The first-order chi connectivity index (χ1) is 10.2. The van der Waals surface area contributed by atoms with Gasteiger partial charge in [-0.25, -0.2) is 0 Å². The molecule has 0 saturated carbocycles. The fourth-order valence-electron chi connectivity index (χ4n) is 2.67. The van der Waals surface area contributed by atoms with Gasteiger partial charge in [-0.1, -0.05) is 48.0 Å². The molecule has 0 aliphatic rings. The standard InChI is InChI=1S/C17H11ClN2S/c18-14-6-3-7-15-16(14)19-17(21)20(15)13-9-8-11-4-1-2-5-12(11)10-13/h1-10H,(H,19,21). The van der Waals surface area contributed by atoms with E-state index in [1.54, 1.807) is 0 Å². The van der Waals surface area contributed by atoms with E-state index >= 15 is 0 Å². The molecular formula is C17H11ClN2S. The van der Waals surface area contributed by atoms with Crippen LogP contribution >= 0.6 is 23.8 Å². The van der Waals surface area contributed by atoms with Crippen LogP contribution in [0.15, 0.2) is 60.7 Å². The van der Waals surface area contributed by atoms with Gasteiger partial charge in [-0.15, -0.1) is 0 Å². The zero-order chi connectivity index (χ0) is 14.4.